The van der Waals surface area contributed by atoms with Gasteiger partial charge in [0.15, 0.2) is 0 Å². The van der Waals surface area contributed by atoms with Crippen LogP contribution in [0.15, 0.2) is 36.9 Å². The number of hydrogen-bond donors (Lipinski definition) is 1. The van der Waals surface area contributed by atoms with Gasteiger partial charge in [-0.1, -0.05) is 26.0 Å². The fourth-order valence-corrected chi connectivity index (χ4v) is 2.10. The van der Waals surface area contributed by atoms with E-state index in [0.717, 1.165) is 24.3 Å². The molecule has 6 heteroatoms. The van der Waals surface area contributed by atoms with E-state index in [9.17, 15) is 4.79 Å². The number of rotatable bonds is 8. The zero-order chi connectivity index (χ0) is 16.7. The molecule has 1 amide bonds. The summed E-state index contributed by atoms with van der Waals surface area (Å²) >= 11 is 0. The van der Waals surface area contributed by atoms with Crippen LogP contribution in [0.4, 0.5) is 0 Å². The van der Waals surface area contributed by atoms with Gasteiger partial charge in [-0.3, -0.25) is 4.79 Å². The Balaban J connectivity index is 1.82. The zero-order valence-electron chi connectivity index (χ0n) is 13.9. The molecule has 124 valence electrons. The monoisotopic (exact) mass is 316 g/mol. The van der Waals surface area contributed by atoms with Crippen LogP contribution in [0.1, 0.15) is 38.8 Å². The minimum Gasteiger partial charge on any atom is -0.494 e. The van der Waals surface area contributed by atoms with Crippen molar-refractivity contribution in [2.75, 3.05) is 6.61 Å². The Morgan fingerprint density at radius 2 is 2.00 bits per heavy atom. The third-order valence-corrected chi connectivity index (χ3v) is 3.49. The van der Waals surface area contributed by atoms with E-state index in [1.807, 2.05) is 31.2 Å². The number of aromatic nitrogens is 3. The predicted octanol–water partition coefficient (Wildman–Crippen LogP) is 2.58. The van der Waals surface area contributed by atoms with Crippen molar-refractivity contribution in [3.63, 3.8) is 0 Å². The van der Waals surface area contributed by atoms with Gasteiger partial charge in [0.1, 0.15) is 24.9 Å². The van der Waals surface area contributed by atoms with Gasteiger partial charge in [-0.05, 0) is 37.0 Å². The average Bonchev–Trinajstić information content (AvgIpc) is 3.00. The first-order valence-electron chi connectivity index (χ1n) is 7.89. The topological polar surface area (TPSA) is 69.0 Å². The lowest BCUT2D eigenvalue weighted by Crippen LogP contribution is -2.30. The molecule has 0 radical (unpaired) electrons. The molecule has 2 rings (SSSR count). The second-order valence-electron chi connectivity index (χ2n) is 5.98. The SMILES string of the molecule is CC(C)CCOc1ccc([C@@H](C)NC(=O)Cn2cncn2)cc1. The lowest BCUT2D eigenvalue weighted by atomic mass is 10.1. The third kappa shape index (κ3) is 5.73. The van der Waals surface area contributed by atoms with E-state index in [1.165, 1.54) is 17.3 Å². The van der Waals surface area contributed by atoms with Crippen LogP contribution >= 0.6 is 0 Å². The summed E-state index contributed by atoms with van der Waals surface area (Å²) in [5, 5.41) is 6.86. The number of nitrogens with one attached hydrogen (secondary N) is 1. The Bertz CT molecular complexity index is 594. The maximum Gasteiger partial charge on any atom is 0.242 e. The molecule has 2 aromatic rings. The summed E-state index contributed by atoms with van der Waals surface area (Å²) in [4.78, 5) is 15.8. The van der Waals surface area contributed by atoms with Crippen molar-refractivity contribution in [2.45, 2.75) is 39.8 Å². The highest BCUT2D eigenvalue weighted by atomic mass is 16.5. The van der Waals surface area contributed by atoms with E-state index in [0.29, 0.717) is 5.92 Å². The number of hydrogen-bond acceptors (Lipinski definition) is 4. The van der Waals surface area contributed by atoms with E-state index < -0.39 is 0 Å². The van der Waals surface area contributed by atoms with Crippen LogP contribution < -0.4 is 10.1 Å². The largest absolute Gasteiger partial charge is 0.494 e. The molecule has 0 saturated heterocycles. The van der Waals surface area contributed by atoms with E-state index in [2.05, 4.69) is 29.2 Å². The zero-order valence-corrected chi connectivity index (χ0v) is 13.9. The van der Waals surface area contributed by atoms with Gasteiger partial charge in [-0.2, -0.15) is 5.10 Å². The first-order valence-corrected chi connectivity index (χ1v) is 7.89. The van der Waals surface area contributed by atoms with Gasteiger partial charge in [0.25, 0.3) is 0 Å². The molecular formula is C17H24N4O2. The fourth-order valence-electron chi connectivity index (χ4n) is 2.10. The van der Waals surface area contributed by atoms with Gasteiger partial charge in [0.2, 0.25) is 5.91 Å². The van der Waals surface area contributed by atoms with Crippen molar-refractivity contribution in [1.29, 1.82) is 0 Å². The second-order valence-corrected chi connectivity index (χ2v) is 5.98. The Hall–Kier alpha value is -2.37. The van der Waals surface area contributed by atoms with Crippen molar-refractivity contribution in [3.8, 4) is 5.75 Å². The van der Waals surface area contributed by atoms with Crippen molar-refractivity contribution < 1.29 is 9.53 Å². The summed E-state index contributed by atoms with van der Waals surface area (Å²) in [5.74, 6) is 1.39. The Morgan fingerprint density at radius 1 is 1.26 bits per heavy atom. The molecule has 0 saturated carbocycles. The van der Waals surface area contributed by atoms with Gasteiger partial charge in [0.05, 0.1) is 12.6 Å². The highest BCUT2D eigenvalue weighted by molar-refractivity contribution is 5.76. The number of amides is 1. The van der Waals surface area contributed by atoms with Crippen LogP contribution in [-0.2, 0) is 11.3 Å². The van der Waals surface area contributed by atoms with Crippen molar-refractivity contribution in [1.82, 2.24) is 20.1 Å². The van der Waals surface area contributed by atoms with Crippen LogP contribution in [-0.4, -0.2) is 27.3 Å². The molecule has 0 spiro atoms. The van der Waals surface area contributed by atoms with Crippen molar-refractivity contribution in [2.24, 2.45) is 5.92 Å². The Kier molecular flexibility index (Phi) is 6.14. The normalized spacial score (nSPS) is 12.2. The second kappa shape index (κ2) is 8.31. The molecule has 23 heavy (non-hydrogen) atoms. The minimum absolute atomic E-state index is 0.0734. The molecule has 6 nitrogen and oxygen atoms in total. The lowest BCUT2D eigenvalue weighted by molar-refractivity contribution is -0.122. The summed E-state index contributed by atoms with van der Waals surface area (Å²) in [6.45, 7) is 7.20. The summed E-state index contributed by atoms with van der Waals surface area (Å²) in [7, 11) is 0. The summed E-state index contributed by atoms with van der Waals surface area (Å²) < 4.78 is 7.19. The quantitative estimate of drug-likeness (QED) is 0.812. The maximum atomic E-state index is 11.9. The van der Waals surface area contributed by atoms with E-state index in [1.54, 1.807) is 0 Å². The number of benzene rings is 1. The summed E-state index contributed by atoms with van der Waals surface area (Å²) in [6, 6.07) is 7.76. The highest BCUT2D eigenvalue weighted by Crippen LogP contribution is 2.18. The minimum atomic E-state index is -0.0970. The van der Waals surface area contributed by atoms with E-state index in [-0.39, 0.29) is 18.5 Å². The molecule has 0 bridgehead atoms. The van der Waals surface area contributed by atoms with Crippen LogP contribution in [0, 0.1) is 5.92 Å². The molecule has 1 aromatic carbocycles. The molecule has 0 aliphatic carbocycles. The van der Waals surface area contributed by atoms with Gasteiger partial charge in [-0.25, -0.2) is 9.67 Å². The molecule has 0 aliphatic heterocycles. The molecule has 0 unspecified atom stereocenters. The van der Waals surface area contributed by atoms with Crippen LogP contribution in [0.2, 0.25) is 0 Å². The van der Waals surface area contributed by atoms with Crippen LogP contribution in [0.5, 0.6) is 5.75 Å². The smallest absolute Gasteiger partial charge is 0.242 e. The number of nitrogens with zero attached hydrogens (tertiary/aromatic N) is 3. The predicted molar refractivity (Wildman–Crippen MR) is 88.0 cm³/mol. The first-order chi connectivity index (χ1) is 11.0. The molecule has 1 aromatic heterocycles. The average molecular weight is 316 g/mol. The van der Waals surface area contributed by atoms with Gasteiger partial charge < -0.3 is 10.1 Å². The van der Waals surface area contributed by atoms with E-state index in [4.69, 9.17) is 4.74 Å². The number of carbonyl (C=O) groups is 1. The van der Waals surface area contributed by atoms with E-state index >= 15 is 0 Å². The van der Waals surface area contributed by atoms with Gasteiger partial charge >= 0.3 is 0 Å². The third-order valence-electron chi connectivity index (χ3n) is 3.49. The van der Waals surface area contributed by atoms with Crippen molar-refractivity contribution >= 4 is 5.91 Å². The van der Waals surface area contributed by atoms with Crippen molar-refractivity contribution in [3.05, 3.63) is 42.5 Å². The molecular weight excluding hydrogens is 292 g/mol. The van der Waals surface area contributed by atoms with Gasteiger partial charge in [-0.15, -0.1) is 0 Å². The summed E-state index contributed by atoms with van der Waals surface area (Å²) in [6.07, 6.45) is 3.97. The fraction of sp³-hybridized carbons (Fsp3) is 0.471. The number of ether oxygens (including phenoxy) is 1. The maximum absolute atomic E-state index is 11.9. The lowest BCUT2D eigenvalue weighted by Gasteiger charge is -2.15. The molecule has 1 N–H and O–H groups in total. The van der Waals surface area contributed by atoms with Gasteiger partial charge in [0, 0.05) is 0 Å². The standard InChI is InChI=1S/C17H24N4O2/c1-13(2)8-9-23-16-6-4-15(5-7-16)14(3)20-17(22)10-21-12-18-11-19-21/h4-7,11-14H,8-10H2,1-3H3,(H,20,22)/t14-/m1/s1. The molecule has 0 fully saturated rings. The first kappa shape index (κ1) is 17.0. The summed E-state index contributed by atoms with van der Waals surface area (Å²) in [5.41, 5.74) is 1.04. The molecule has 1 heterocycles. The Morgan fingerprint density at radius 3 is 2.61 bits per heavy atom. The highest BCUT2D eigenvalue weighted by Gasteiger charge is 2.10. The molecule has 0 aliphatic rings. The molecule has 1 atom stereocenters. The Labute approximate surface area is 136 Å². The number of carbonyl (C=O) groups excluding carboxylic acids is 1. The van der Waals surface area contributed by atoms with Crippen LogP contribution in [0.25, 0.3) is 0 Å². The van der Waals surface area contributed by atoms with Crippen LogP contribution in [0.3, 0.4) is 0 Å².